The van der Waals surface area contributed by atoms with E-state index in [0.29, 0.717) is 29.2 Å². The van der Waals surface area contributed by atoms with Crippen molar-refractivity contribution < 1.29 is 22.7 Å². The summed E-state index contributed by atoms with van der Waals surface area (Å²) in [6.45, 7) is -0.193. The van der Waals surface area contributed by atoms with E-state index in [9.17, 15) is 13.2 Å². The summed E-state index contributed by atoms with van der Waals surface area (Å²) in [5.41, 5.74) is 4.73. The molecule has 1 amide bonds. The molecule has 0 saturated heterocycles. The molecule has 0 aliphatic heterocycles. The van der Waals surface area contributed by atoms with Crippen LogP contribution in [0.25, 0.3) is 0 Å². The quantitative estimate of drug-likeness (QED) is 0.158. The maximum Gasteiger partial charge on any atom is 0.255 e. The molecule has 0 bridgehead atoms. The highest BCUT2D eigenvalue weighted by Gasteiger charge is 2.29. The van der Waals surface area contributed by atoms with E-state index in [-0.39, 0.29) is 21.5 Å². The number of halogens is 2. The zero-order valence-electron chi connectivity index (χ0n) is 22.0. The highest BCUT2D eigenvalue weighted by atomic mass is 35.5. The molecule has 1 N–H and O–H groups in total. The Bertz CT molecular complexity index is 1620. The van der Waals surface area contributed by atoms with Crippen LogP contribution >= 0.6 is 23.2 Å². The minimum atomic E-state index is -4.19. The van der Waals surface area contributed by atoms with E-state index in [1.165, 1.54) is 31.5 Å². The number of sulfonamides is 1. The number of benzene rings is 4. The van der Waals surface area contributed by atoms with Crippen molar-refractivity contribution in [2.24, 2.45) is 5.10 Å². The summed E-state index contributed by atoms with van der Waals surface area (Å²) in [7, 11) is -2.66. The van der Waals surface area contributed by atoms with E-state index >= 15 is 0 Å². The Balaban J connectivity index is 1.45. The van der Waals surface area contributed by atoms with Crippen molar-refractivity contribution in [3.05, 3.63) is 124 Å². The van der Waals surface area contributed by atoms with Crippen LogP contribution in [0.5, 0.6) is 11.5 Å². The molecule has 0 heterocycles. The smallest absolute Gasteiger partial charge is 0.255 e. The van der Waals surface area contributed by atoms with Crippen molar-refractivity contribution in [1.29, 1.82) is 0 Å². The number of carbonyl (C=O) groups is 1. The van der Waals surface area contributed by atoms with Gasteiger partial charge in [0.25, 0.3) is 5.91 Å². The lowest BCUT2D eigenvalue weighted by atomic mass is 10.2. The molecular formula is C30H27Cl2N3O5S. The number of methoxy groups -OCH3 is 1. The standard InChI is InChI=1S/C30H27Cl2N3O5S/c1-39-28-16-24(12-15-27(28)40-21-23-10-6-3-7-11-23)18-33-34-30(36)20-35(19-22-8-4-2-5-9-22)41(37,38)29-17-25(31)13-14-26(29)32/h2-18H,19-21H2,1H3,(H,34,36)/b33-18-. The third-order valence-corrected chi connectivity index (χ3v) is 8.37. The second-order valence-corrected chi connectivity index (χ2v) is 11.6. The number of nitrogens with one attached hydrogen (secondary N) is 1. The van der Waals surface area contributed by atoms with Gasteiger partial charge in [0, 0.05) is 11.6 Å². The van der Waals surface area contributed by atoms with Gasteiger partial charge in [0.15, 0.2) is 11.5 Å². The molecule has 11 heteroatoms. The largest absolute Gasteiger partial charge is 0.493 e. The molecule has 0 aliphatic rings. The van der Waals surface area contributed by atoms with Crippen LogP contribution in [0.3, 0.4) is 0 Å². The van der Waals surface area contributed by atoms with Gasteiger partial charge < -0.3 is 9.47 Å². The SMILES string of the molecule is COc1cc(/C=N\NC(=O)CN(Cc2ccccc2)S(=O)(=O)c2cc(Cl)ccc2Cl)ccc1OCc1ccccc1. The van der Waals surface area contributed by atoms with Crippen LogP contribution < -0.4 is 14.9 Å². The van der Waals surface area contributed by atoms with Gasteiger partial charge in [0.1, 0.15) is 11.5 Å². The number of rotatable bonds is 12. The van der Waals surface area contributed by atoms with Crippen molar-refractivity contribution >= 4 is 45.3 Å². The van der Waals surface area contributed by atoms with Gasteiger partial charge in [-0.05, 0) is 53.1 Å². The fraction of sp³-hybridized carbons (Fsp3) is 0.133. The minimum absolute atomic E-state index is 0.00367. The maximum absolute atomic E-state index is 13.5. The van der Waals surface area contributed by atoms with Crippen molar-refractivity contribution in [3.8, 4) is 11.5 Å². The molecule has 4 rings (SSSR count). The van der Waals surface area contributed by atoms with Gasteiger partial charge in [-0.2, -0.15) is 9.41 Å². The van der Waals surface area contributed by atoms with Crippen molar-refractivity contribution in [2.45, 2.75) is 18.0 Å². The third kappa shape index (κ3) is 8.31. The average Bonchev–Trinajstić information content (AvgIpc) is 2.98. The molecule has 0 aliphatic carbocycles. The first-order valence-corrected chi connectivity index (χ1v) is 14.6. The molecule has 41 heavy (non-hydrogen) atoms. The number of hydrazone groups is 1. The number of nitrogens with zero attached hydrogens (tertiary/aromatic N) is 2. The summed E-state index contributed by atoms with van der Waals surface area (Å²) < 4.78 is 39.4. The summed E-state index contributed by atoms with van der Waals surface area (Å²) >= 11 is 12.2. The lowest BCUT2D eigenvalue weighted by Crippen LogP contribution is -2.39. The van der Waals surface area contributed by atoms with Crippen LogP contribution in [0.2, 0.25) is 10.0 Å². The predicted molar refractivity (Wildman–Crippen MR) is 160 cm³/mol. The lowest BCUT2D eigenvalue weighted by molar-refractivity contribution is -0.121. The van der Waals surface area contributed by atoms with Crippen LogP contribution in [-0.2, 0) is 28.0 Å². The van der Waals surface area contributed by atoms with Crippen molar-refractivity contribution in [1.82, 2.24) is 9.73 Å². The zero-order valence-corrected chi connectivity index (χ0v) is 24.4. The van der Waals surface area contributed by atoms with E-state index in [1.807, 2.05) is 36.4 Å². The second-order valence-electron chi connectivity index (χ2n) is 8.81. The molecule has 212 valence electrons. The van der Waals surface area contributed by atoms with Crippen molar-refractivity contribution in [3.63, 3.8) is 0 Å². The average molecular weight is 613 g/mol. The van der Waals surface area contributed by atoms with E-state index in [4.69, 9.17) is 32.7 Å². The summed E-state index contributed by atoms with van der Waals surface area (Å²) in [6, 6.07) is 28.0. The molecular weight excluding hydrogens is 585 g/mol. The Labute approximate surface area is 249 Å². The molecule has 0 aromatic heterocycles. The topological polar surface area (TPSA) is 97.3 Å². The van der Waals surface area contributed by atoms with Crippen LogP contribution in [0.1, 0.15) is 16.7 Å². The summed E-state index contributed by atoms with van der Waals surface area (Å²) in [5, 5.41) is 4.20. The normalized spacial score (nSPS) is 11.5. The first-order valence-electron chi connectivity index (χ1n) is 12.4. The fourth-order valence-corrected chi connectivity index (χ4v) is 5.94. The Morgan fingerprint density at radius 1 is 0.902 bits per heavy atom. The van der Waals surface area contributed by atoms with Gasteiger partial charge in [0.05, 0.1) is 24.9 Å². The first kappa shape index (κ1) is 30.1. The van der Waals surface area contributed by atoms with E-state index in [1.54, 1.807) is 42.5 Å². The number of carbonyl (C=O) groups excluding carboxylic acids is 1. The summed E-state index contributed by atoms with van der Waals surface area (Å²) in [5.74, 6) is 0.405. The molecule has 0 saturated carbocycles. The molecule has 0 spiro atoms. The molecule has 4 aromatic carbocycles. The van der Waals surface area contributed by atoms with Crippen LogP contribution in [0, 0.1) is 0 Å². The van der Waals surface area contributed by atoms with Gasteiger partial charge >= 0.3 is 0 Å². The van der Waals surface area contributed by atoms with Crippen LogP contribution in [0.15, 0.2) is 107 Å². The van der Waals surface area contributed by atoms with Crippen molar-refractivity contribution in [2.75, 3.05) is 13.7 Å². The predicted octanol–water partition coefficient (Wildman–Crippen LogP) is 5.92. The van der Waals surface area contributed by atoms with Crippen LogP contribution in [-0.4, -0.2) is 38.5 Å². The number of hydrogen-bond donors (Lipinski definition) is 1. The van der Waals surface area contributed by atoms with Crippen LogP contribution in [0.4, 0.5) is 0 Å². The second kappa shape index (κ2) is 14.1. The molecule has 0 unspecified atom stereocenters. The van der Waals surface area contributed by atoms with Gasteiger partial charge in [0.2, 0.25) is 10.0 Å². The minimum Gasteiger partial charge on any atom is -0.493 e. The molecule has 4 aromatic rings. The Kier molecular flexibility index (Phi) is 10.4. The molecule has 0 atom stereocenters. The molecule has 8 nitrogen and oxygen atoms in total. The Hall–Kier alpha value is -3.89. The summed E-state index contributed by atoms with van der Waals surface area (Å²) in [6.07, 6.45) is 1.42. The van der Waals surface area contributed by atoms with Gasteiger partial charge in [-0.3, -0.25) is 4.79 Å². The zero-order chi connectivity index (χ0) is 29.2. The van der Waals surface area contributed by atoms with E-state index in [2.05, 4.69) is 10.5 Å². The third-order valence-electron chi connectivity index (χ3n) is 5.86. The van der Waals surface area contributed by atoms with Gasteiger partial charge in [-0.1, -0.05) is 83.9 Å². The fourth-order valence-electron chi connectivity index (χ4n) is 3.82. The maximum atomic E-state index is 13.5. The number of amides is 1. The highest BCUT2D eigenvalue weighted by Crippen LogP contribution is 2.29. The monoisotopic (exact) mass is 611 g/mol. The lowest BCUT2D eigenvalue weighted by Gasteiger charge is -2.22. The molecule has 0 radical (unpaired) electrons. The van der Waals surface area contributed by atoms with Gasteiger partial charge in [-0.25, -0.2) is 13.8 Å². The van der Waals surface area contributed by atoms with E-state index in [0.717, 1.165) is 9.87 Å². The van der Waals surface area contributed by atoms with Gasteiger partial charge in [-0.15, -0.1) is 0 Å². The highest BCUT2D eigenvalue weighted by molar-refractivity contribution is 7.89. The molecule has 0 fully saturated rings. The number of ether oxygens (including phenoxy) is 2. The first-order chi connectivity index (χ1) is 19.8. The summed E-state index contributed by atoms with van der Waals surface area (Å²) in [4.78, 5) is 12.6. The Morgan fingerprint density at radius 3 is 2.27 bits per heavy atom. The van der Waals surface area contributed by atoms with E-state index < -0.39 is 22.5 Å². The number of hydrogen-bond acceptors (Lipinski definition) is 6. The Morgan fingerprint density at radius 2 is 1.59 bits per heavy atom.